The van der Waals surface area contributed by atoms with E-state index in [0.717, 1.165) is 47.6 Å². The van der Waals surface area contributed by atoms with Crippen molar-refractivity contribution in [2.45, 2.75) is 25.2 Å². The number of nitriles is 1. The Bertz CT molecular complexity index is 1290. The number of hydrogen-bond donors (Lipinski definition) is 1. The van der Waals surface area contributed by atoms with E-state index in [1.54, 1.807) is 12.4 Å². The molecule has 7 heteroatoms. The van der Waals surface area contributed by atoms with E-state index in [0.29, 0.717) is 23.7 Å². The largest absolute Gasteiger partial charge is 0.354 e. The van der Waals surface area contributed by atoms with Crippen LogP contribution in [0.4, 0.5) is 0 Å². The molecule has 1 N–H and O–H groups in total. The molecular formula is C25H22N6O. The molecule has 1 atom stereocenters. The maximum absolute atomic E-state index is 9.90. The van der Waals surface area contributed by atoms with Crippen molar-refractivity contribution in [3.05, 3.63) is 72.3 Å². The van der Waals surface area contributed by atoms with Crippen LogP contribution in [0, 0.1) is 18.3 Å². The number of aromatic nitrogens is 4. The number of aryl methyl sites for hydroxylation is 1. The first-order valence-electron chi connectivity index (χ1n) is 10.6. The normalized spacial score (nSPS) is 18.2. The quantitative estimate of drug-likeness (QED) is 0.523. The fourth-order valence-corrected chi connectivity index (χ4v) is 4.08. The minimum absolute atomic E-state index is 0.565. The smallest absolute Gasteiger partial charge is 0.187 e. The van der Waals surface area contributed by atoms with Crippen LogP contribution in [-0.2, 0) is 5.41 Å². The third-order valence-corrected chi connectivity index (χ3v) is 5.91. The standard InChI is InChI=1S/C25H22N6O/c1-17-24(22-13-20(31-32-22)18-6-3-2-4-7-18)30-21(14-29-17)19-8-11-28-23(12-19)25(15-26)9-5-10-27-16-25/h2-4,6-8,11-14,27H,5,9-10,16H2,1H3. The Morgan fingerprint density at radius 2 is 1.94 bits per heavy atom. The van der Waals surface area contributed by atoms with Gasteiger partial charge >= 0.3 is 0 Å². The maximum Gasteiger partial charge on any atom is 0.187 e. The molecule has 1 unspecified atom stereocenters. The van der Waals surface area contributed by atoms with E-state index in [4.69, 9.17) is 9.51 Å². The van der Waals surface area contributed by atoms with Crippen LogP contribution < -0.4 is 5.32 Å². The van der Waals surface area contributed by atoms with E-state index in [2.05, 4.69) is 26.5 Å². The third-order valence-electron chi connectivity index (χ3n) is 5.91. The highest BCUT2D eigenvalue weighted by molar-refractivity contribution is 5.68. The molecular weight excluding hydrogens is 400 g/mol. The molecule has 1 aliphatic heterocycles. The van der Waals surface area contributed by atoms with Crippen molar-refractivity contribution in [3.63, 3.8) is 0 Å². The summed E-state index contributed by atoms with van der Waals surface area (Å²) < 4.78 is 5.61. The highest BCUT2D eigenvalue weighted by Gasteiger charge is 2.35. The molecule has 1 saturated heterocycles. The van der Waals surface area contributed by atoms with Crippen LogP contribution in [-0.4, -0.2) is 33.2 Å². The lowest BCUT2D eigenvalue weighted by Crippen LogP contribution is -2.42. The average molecular weight is 422 g/mol. The van der Waals surface area contributed by atoms with Gasteiger partial charge in [-0.15, -0.1) is 0 Å². The lowest BCUT2D eigenvalue weighted by atomic mass is 9.78. The number of pyridine rings is 1. The minimum Gasteiger partial charge on any atom is -0.354 e. The lowest BCUT2D eigenvalue weighted by Gasteiger charge is -2.30. The molecule has 0 aliphatic carbocycles. The van der Waals surface area contributed by atoms with E-state index in [9.17, 15) is 5.26 Å². The predicted octanol–water partition coefficient (Wildman–Crippen LogP) is 4.31. The van der Waals surface area contributed by atoms with Gasteiger partial charge in [0.2, 0.25) is 0 Å². The summed E-state index contributed by atoms with van der Waals surface area (Å²) in [5.41, 5.74) is 4.83. The molecule has 7 nitrogen and oxygen atoms in total. The van der Waals surface area contributed by atoms with Crippen molar-refractivity contribution in [1.29, 1.82) is 5.26 Å². The predicted molar refractivity (Wildman–Crippen MR) is 120 cm³/mol. The molecule has 1 aliphatic rings. The molecule has 0 bridgehead atoms. The molecule has 4 heterocycles. The van der Waals surface area contributed by atoms with Gasteiger partial charge in [-0.05, 0) is 38.4 Å². The first kappa shape index (κ1) is 20.0. The second-order valence-electron chi connectivity index (χ2n) is 8.04. The SMILES string of the molecule is Cc1ncc(-c2ccnc(C3(C#N)CCCNC3)c2)nc1-c1cc(-c2ccccc2)no1. The maximum atomic E-state index is 9.90. The summed E-state index contributed by atoms with van der Waals surface area (Å²) in [5.74, 6) is 0.565. The summed E-state index contributed by atoms with van der Waals surface area (Å²) in [6, 6.07) is 18.1. The molecule has 0 saturated carbocycles. The monoisotopic (exact) mass is 422 g/mol. The van der Waals surface area contributed by atoms with Crippen molar-refractivity contribution in [2.24, 2.45) is 0 Å². The van der Waals surface area contributed by atoms with Gasteiger partial charge in [0.05, 0.1) is 29.3 Å². The summed E-state index contributed by atoms with van der Waals surface area (Å²) in [5, 5.41) is 17.4. The third kappa shape index (κ3) is 3.66. The zero-order valence-corrected chi connectivity index (χ0v) is 17.7. The Morgan fingerprint density at radius 3 is 2.72 bits per heavy atom. The van der Waals surface area contributed by atoms with Crippen molar-refractivity contribution < 1.29 is 4.52 Å². The van der Waals surface area contributed by atoms with Gasteiger partial charge in [0.1, 0.15) is 16.8 Å². The van der Waals surface area contributed by atoms with Crippen LogP contribution in [0.2, 0.25) is 0 Å². The zero-order valence-electron chi connectivity index (χ0n) is 17.7. The van der Waals surface area contributed by atoms with Crippen LogP contribution in [0.15, 0.2) is 65.4 Å². The molecule has 32 heavy (non-hydrogen) atoms. The highest BCUT2D eigenvalue weighted by atomic mass is 16.5. The van der Waals surface area contributed by atoms with E-state index < -0.39 is 5.41 Å². The second-order valence-corrected chi connectivity index (χ2v) is 8.04. The fraction of sp³-hybridized carbons (Fsp3) is 0.240. The Morgan fingerprint density at radius 1 is 1.06 bits per heavy atom. The van der Waals surface area contributed by atoms with E-state index in [1.807, 2.05) is 55.5 Å². The minimum atomic E-state index is -0.620. The Hall–Kier alpha value is -3.89. The molecule has 4 aromatic rings. The number of nitrogens with zero attached hydrogens (tertiary/aromatic N) is 5. The summed E-state index contributed by atoms with van der Waals surface area (Å²) in [6.45, 7) is 3.43. The van der Waals surface area contributed by atoms with Gasteiger partial charge in [-0.2, -0.15) is 5.26 Å². The average Bonchev–Trinajstić information content (AvgIpc) is 3.35. The van der Waals surface area contributed by atoms with Gasteiger partial charge in [0.25, 0.3) is 0 Å². The highest BCUT2D eigenvalue weighted by Crippen LogP contribution is 2.32. The Balaban J connectivity index is 1.51. The number of rotatable bonds is 4. The molecule has 1 aromatic carbocycles. The summed E-state index contributed by atoms with van der Waals surface area (Å²) >= 11 is 0. The topological polar surface area (TPSA) is 101 Å². The molecule has 5 rings (SSSR count). The van der Waals surface area contributed by atoms with Gasteiger partial charge in [0, 0.05) is 29.9 Å². The van der Waals surface area contributed by atoms with Gasteiger partial charge in [-0.3, -0.25) is 9.97 Å². The van der Waals surface area contributed by atoms with Crippen LogP contribution in [0.3, 0.4) is 0 Å². The van der Waals surface area contributed by atoms with Gasteiger partial charge in [0.15, 0.2) is 5.76 Å². The molecule has 0 amide bonds. The summed E-state index contributed by atoms with van der Waals surface area (Å²) in [6.07, 6.45) is 5.22. The van der Waals surface area contributed by atoms with Crippen molar-refractivity contribution in [3.8, 4) is 40.0 Å². The van der Waals surface area contributed by atoms with E-state index in [-0.39, 0.29) is 0 Å². The summed E-state index contributed by atoms with van der Waals surface area (Å²) in [4.78, 5) is 13.9. The van der Waals surface area contributed by atoms with Crippen molar-refractivity contribution >= 4 is 0 Å². The van der Waals surface area contributed by atoms with Crippen molar-refractivity contribution in [2.75, 3.05) is 13.1 Å². The van der Waals surface area contributed by atoms with Crippen LogP contribution >= 0.6 is 0 Å². The molecule has 0 radical (unpaired) electrons. The van der Waals surface area contributed by atoms with E-state index >= 15 is 0 Å². The number of piperidine rings is 1. The van der Waals surface area contributed by atoms with Gasteiger partial charge < -0.3 is 9.84 Å². The fourth-order valence-electron chi connectivity index (χ4n) is 4.08. The molecule has 0 spiro atoms. The van der Waals surface area contributed by atoms with Crippen molar-refractivity contribution in [1.82, 2.24) is 25.4 Å². The number of nitrogens with one attached hydrogen (secondary N) is 1. The molecule has 3 aromatic heterocycles. The molecule has 1 fully saturated rings. The molecule has 158 valence electrons. The number of benzene rings is 1. The lowest BCUT2D eigenvalue weighted by molar-refractivity contribution is 0.378. The summed E-state index contributed by atoms with van der Waals surface area (Å²) in [7, 11) is 0. The Kier molecular flexibility index (Phi) is 5.21. The Labute approximate surface area is 186 Å². The first-order chi connectivity index (χ1) is 15.7. The van der Waals surface area contributed by atoms with Crippen LogP contribution in [0.1, 0.15) is 24.2 Å². The zero-order chi connectivity index (χ0) is 22.0. The van der Waals surface area contributed by atoms with Gasteiger partial charge in [-0.1, -0.05) is 35.5 Å². The van der Waals surface area contributed by atoms with E-state index in [1.165, 1.54) is 0 Å². The first-order valence-corrected chi connectivity index (χ1v) is 10.6. The van der Waals surface area contributed by atoms with Gasteiger partial charge in [-0.25, -0.2) is 4.98 Å². The van der Waals surface area contributed by atoms with Crippen LogP contribution in [0.25, 0.3) is 34.0 Å². The number of hydrogen-bond acceptors (Lipinski definition) is 7. The second kappa shape index (κ2) is 8.33. The van der Waals surface area contributed by atoms with Crippen LogP contribution in [0.5, 0.6) is 0 Å².